The monoisotopic (exact) mass is 370 g/mol. The Morgan fingerprint density at radius 3 is 1.17 bits per heavy atom. The summed E-state index contributed by atoms with van der Waals surface area (Å²) in [6.45, 7) is 3.32. The predicted octanol–water partition coefficient (Wildman–Crippen LogP) is 4.43. The second kappa shape index (κ2) is 7.76. The lowest BCUT2D eigenvalue weighted by Crippen LogP contribution is -2.42. The molecule has 0 atom stereocenters. The lowest BCUT2D eigenvalue weighted by Gasteiger charge is -2.28. The third kappa shape index (κ3) is 12.8. The molecular weight excluding hydrogens is 346 g/mol. The maximum absolute atomic E-state index is 13.3. The summed E-state index contributed by atoms with van der Waals surface area (Å²) in [5.41, 5.74) is -2.24. The Bertz CT molecular complexity index is 388. The van der Waals surface area contributed by atoms with Gasteiger partial charge in [0.05, 0.1) is 11.2 Å². The number of hydrogen-bond acceptors (Lipinski definition) is 4. The summed E-state index contributed by atoms with van der Waals surface area (Å²) in [4.78, 5) is 0. The summed E-state index contributed by atoms with van der Waals surface area (Å²) in [5, 5.41) is 0. The lowest BCUT2D eigenvalue weighted by molar-refractivity contribution is -0.370. The van der Waals surface area contributed by atoms with E-state index in [1.165, 1.54) is 41.5 Å². The van der Waals surface area contributed by atoms with E-state index in [0.717, 1.165) is 0 Å². The predicted molar refractivity (Wildman–Crippen MR) is 73.3 cm³/mol. The summed E-state index contributed by atoms with van der Waals surface area (Å²) < 4.78 is 96.1. The minimum atomic E-state index is -4.35. The van der Waals surface area contributed by atoms with Crippen LogP contribution in [0.25, 0.3) is 0 Å². The first kappa shape index (κ1) is 23.4. The van der Waals surface area contributed by atoms with E-state index in [1.807, 2.05) is 0 Å². The number of alkyl halides is 6. The molecule has 0 aromatic rings. The van der Waals surface area contributed by atoms with Crippen molar-refractivity contribution in [2.24, 2.45) is 0 Å². The van der Waals surface area contributed by atoms with Gasteiger partial charge >= 0.3 is 18.3 Å². The Labute approximate surface area is 137 Å². The molecule has 0 saturated carbocycles. The Morgan fingerprint density at radius 1 is 0.500 bits per heavy atom. The molecule has 0 radical (unpaired) electrons. The molecule has 146 valence electrons. The maximum Gasteiger partial charge on any atom is 0.379 e. The van der Waals surface area contributed by atoms with Gasteiger partial charge in [-0.3, -0.25) is 0 Å². The third-order valence-corrected chi connectivity index (χ3v) is 2.03. The van der Waals surface area contributed by atoms with Crippen molar-refractivity contribution in [3.63, 3.8) is 0 Å². The first-order valence-electron chi connectivity index (χ1n) is 7.08. The minimum Gasteiger partial charge on any atom is -0.367 e. The van der Waals surface area contributed by atoms with E-state index in [4.69, 9.17) is 4.74 Å². The molecule has 0 N–H and O–H groups in total. The van der Waals surface area contributed by atoms with Crippen LogP contribution in [0.5, 0.6) is 0 Å². The lowest BCUT2D eigenvalue weighted by atomic mass is 10.2. The highest BCUT2D eigenvalue weighted by atomic mass is 19.3. The summed E-state index contributed by atoms with van der Waals surface area (Å²) >= 11 is 0. The van der Waals surface area contributed by atoms with Crippen molar-refractivity contribution in [1.82, 2.24) is 0 Å². The molecule has 0 saturated heterocycles. The van der Waals surface area contributed by atoms with Crippen LogP contribution in [-0.2, 0) is 18.9 Å². The van der Waals surface area contributed by atoms with Crippen molar-refractivity contribution in [2.45, 2.75) is 71.1 Å². The Hall–Kier alpha value is -0.580. The summed E-state index contributed by atoms with van der Waals surface area (Å²) in [6.07, 6.45) is -12.4. The van der Waals surface area contributed by atoms with Crippen LogP contribution in [0.3, 0.4) is 0 Å². The average Bonchev–Trinajstić information content (AvgIpc) is 2.29. The molecule has 0 aliphatic carbocycles. The molecule has 0 aliphatic rings. The van der Waals surface area contributed by atoms with Crippen LogP contribution in [0.15, 0.2) is 0 Å². The molecule has 0 fully saturated rings. The molecule has 0 unspecified atom stereocenters. The smallest absolute Gasteiger partial charge is 0.367 e. The van der Waals surface area contributed by atoms with Gasteiger partial charge in [0.1, 0.15) is 19.8 Å². The molecule has 0 rings (SSSR count). The fourth-order valence-corrected chi connectivity index (χ4v) is 1.24. The number of halogens is 6. The third-order valence-electron chi connectivity index (χ3n) is 2.03. The van der Waals surface area contributed by atoms with Crippen molar-refractivity contribution in [3.05, 3.63) is 0 Å². The molecule has 0 bridgehead atoms. The summed E-state index contributed by atoms with van der Waals surface area (Å²) in [7, 11) is 0. The van der Waals surface area contributed by atoms with Crippen LogP contribution >= 0.6 is 0 Å². The van der Waals surface area contributed by atoms with Crippen molar-refractivity contribution in [3.8, 4) is 0 Å². The van der Waals surface area contributed by atoms with E-state index < -0.39 is 49.3 Å². The molecule has 0 spiro atoms. The van der Waals surface area contributed by atoms with Gasteiger partial charge in [-0.2, -0.15) is 26.3 Å². The Kier molecular flexibility index (Phi) is 7.57. The number of ether oxygens (including phenoxy) is 4. The van der Waals surface area contributed by atoms with Gasteiger partial charge in [0.15, 0.2) is 0 Å². The van der Waals surface area contributed by atoms with Gasteiger partial charge in [-0.25, -0.2) is 0 Å². The highest BCUT2D eigenvalue weighted by Crippen LogP contribution is 2.28. The largest absolute Gasteiger partial charge is 0.379 e. The molecule has 4 nitrogen and oxygen atoms in total. The van der Waals surface area contributed by atoms with E-state index in [0.29, 0.717) is 0 Å². The molecule has 0 aromatic carbocycles. The molecule has 10 heteroatoms. The van der Waals surface area contributed by atoms with E-state index in [-0.39, 0.29) is 0 Å². The molecule has 24 heavy (non-hydrogen) atoms. The topological polar surface area (TPSA) is 36.9 Å². The quantitative estimate of drug-likeness (QED) is 0.563. The molecule has 0 amide bonds. The maximum atomic E-state index is 13.3. The van der Waals surface area contributed by atoms with Gasteiger partial charge in [-0.15, -0.1) is 0 Å². The zero-order valence-electron chi connectivity index (χ0n) is 14.5. The van der Waals surface area contributed by atoms with Gasteiger partial charge in [-0.1, -0.05) is 0 Å². The Morgan fingerprint density at radius 2 is 0.833 bits per heavy atom. The van der Waals surface area contributed by atoms with Gasteiger partial charge in [0.2, 0.25) is 0 Å². The highest BCUT2D eigenvalue weighted by molar-refractivity contribution is 4.66. The van der Waals surface area contributed by atoms with E-state index >= 15 is 0 Å². The van der Waals surface area contributed by atoms with Gasteiger partial charge in [0, 0.05) is 0 Å². The van der Waals surface area contributed by atoms with Crippen LogP contribution < -0.4 is 0 Å². The van der Waals surface area contributed by atoms with Crippen LogP contribution in [0.2, 0.25) is 0 Å². The SMILES string of the molecule is CC(C)(C)OCC(F)(F)OCC(F)(F)OCC(F)(F)OC(C)(C)C. The summed E-state index contributed by atoms with van der Waals surface area (Å²) in [5.74, 6) is 0. The van der Waals surface area contributed by atoms with E-state index in [9.17, 15) is 26.3 Å². The molecular formula is C14H24F6O4. The van der Waals surface area contributed by atoms with Gasteiger partial charge in [-0.05, 0) is 41.5 Å². The van der Waals surface area contributed by atoms with Gasteiger partial charge < -0.3 is 18.9 Å². The van der Waals surface area contributed by atoms with Gasteiger partial charge in [0.25, 0.3) is 0 Å². The normalized spacial score (nSPS) is 15.0. The minimum absolute atomic E-state index is 0.932. The van der Waals surface area contributed by atoms with Crippen LogP contribution in [0.1, 0.15) is 41.5 Å². The molecule has 0 aliphatic heterocycles. The van der Waals surface area contributed by atoms with Crippen molar-refractivity contribution >= 4 is 0 Å². The van der Waals surface area contributed by atoms with Crippen LogP contribution in [0.4, 0.5) is 26.3 Å². The average molecular weight is 370 g/mol. The molecule has 0 aromatic heterocycles. The Balaban J connectivity index is 4.44. The van der Waals surface area contributed by atoms with Crippen molar-refractivity contribution in [1.29, 1.82) is 0 Å². The summed E-state index contributed by atoms with van der Waals surface area (Å²) in [6, 6.07) is 0. The zero-order chi connectivity index (χ0) is 19.4. The fourth-order valence-electron chi connectivity index (χ4n) is 1.24. The first-order chi connectivity index (χ1) is 10.3. The van der Waals surface area contributed by atoms with E-state index in [1.54, 1.807) is 0 Å². The van der Waals surface area contributed by atoms with Crippen LogP contribution in [-0.4, -0.2) is 49.3 Å². The van der Waals surface area contributed by atoms with Crippen LogP contribution in [0, 0.1) is 0 Å². The number of rotatable bonds is 9. The molecule has 0 heterocycles. The number of hydrogen-bond donors (Lipinski definition) is 0. The standard InChI is InChI=1S/C14H24F6O4/c1-10(2,3)21-7-12(15,16)22-8-13(17,18)23-9-14(19,20)24-11(4,5)6/h7-9H2,1-6H3. The van der Waals surface area contributed by atoms with E-state index in [2.05, 4.69) is 14.2 Å². The second-order valence-electron chi connectivity index (χ2n) is 7.10. The van der Waals surface area contributed by atoms with Crippen molar-refractivity contribution in [2.75, 3.05) is 19.8 Å². The fraction of sp³-hybridized carbons (Fsp3) is 1.00. The van der Waals surface area contributed by atoms with Crippen molar-refractivity contribution < 1.29 is 45.3 Å². The highest BCUT2D eigenvalue weighted by Gasteiger charge is 2.44. The zero-order valence-corrected chi connectivity index (χ0v) is 14.5. The second-order valence-corrected chi connectivity index (χ2v) is 7.10. The first-order valence-corrected chi connectivity index (χ1v) is 7.08.